The Bertz CT molecular complexity index is 171. The fraction of sp³-hybridized carbons (Fsp3) is 1.00. The smallest absolute Gasteiger partial charge is 0.186 e. The predicted molar refractivity (Wildman–Crippen MR) is 45.4 cm³/mol. The van der Waals surface area contributed by atoms with E-state index in [1.54, 1.807) is 6.92 Å². The maximum Gasteiger partial charge on any atom is 0.186 e. The highest BCUT2D eigenvalue weighted by Crippen LogP contribution is 2.21. The third-order valence-electron chi connectivity index (χ3n) is 2.18. The third kappa shape index (κ3) is 2.22. The molecule has 0 aromatic heterocycles. The van der Waals surface area contributed by atoms with Gasteiger partial charge in [0.25, 0.3) is 0 Å². The van der Waals surface area contributed by atoms with Crippen molar-refractivity contribution in [3.05, 3.63) is 0 Å². The topological polar surface area (TPSA) is 99.4 Å². The number of rotatable bonds is 3. The number of aliphatic hydroxyl groups excluding tert-OH is 4. The van der Waals surface area contributed by atoms with E-state index in [4.69, 9.17) is 14.6 Å². The van der Waals surface area contributed by atoms with E-state index in [2.05, 4.69) is 0 Å². The summed E-state index contributed by atoms with van der Waals surface area (Å²) < 4.78 is 10.0. The Kier molecular flexibility index (Phi) is 4.24. The van der Waals surface area contributed by atoms with Crippen LogP contribution in [-0.2, 0) is 9.47 Å². The van der Waals surface area contributed by atoms with E-state index in [0.29, 0.717) is 6.61 Å². The lowest BCUT2D eigenvalue weighted by atomic mass is 9.99. The van der Waals surface area contributed by atoms with Crippen LogP contribution in [0.2, 0.25) is 0 Å². The van der Waals surface area contributed by atoms with Crippen LogP contribution in [0.15, 0.2) is 0 Å². The average Bonchev–Trinajstić information content (AvgIpc) is 2.19. The first kappa shape index (κ1) is 11.8. The molecule has 4 N–H and O–H groups in total. The van der Waals surface area contributed by atoms with Gasteiger partial charge in [-0.1, -0.05) is 0 Å². The molecule has 0 amide bonds. The Morgan fingerprint density at radius 1 is 1.14 bits per heavy atom. The third-order valence-corrected chi connectivity index (χ3v) is 2.18. The zero-order chi connectivity index (χ0) is 10.7. The van der Waals surface area contributed by atoms with Crippen molar-refractivity contribution < 1.29 is 29.9 Å². The van der Waals surface area contributed by atoms with Crippen LogP contribution in [0.1, 0.15) is 6.92 Å². The van der Waals surface area contributed by atoms with E-state index < -0.39 is 37.3 Å². The van der Waals surface area contributed by atoms with E-state index in [-0.39, 0.29) is 0 Å². The molecule has 1 aliphatic heterocycles. The van der Waals surface area contributed by atoms with Crippen molar-refractivity contribution in [3.63, 3.8) is 0 Å². The zero-order valence-corrected chi connectivity index (χ0v) is 7.91. The molecule has 0 aromatic carbocycles. The molecule has 5 atom stereocenters. The standard InChI is InChI=1S/C8H16O6/c1-2-13-8-7(12)6(11)5(10)4(3-9)14-8/h4-12H,2-3H2,1H3/t4-,5-,6-,7-,8+/m0/s1. The maximum absolute atomic E-state index is 9.41. The predicted octanol–water partition coefficient (Wildman–Crippen LogP) is -2.18. The highest BCUT2D eigenvalue weighted by Gasteiger charge is 2.43. The van der Waals surface area contributed by atoms with Crippen molar-refractivity contribution in [1.82, 2.24) is 0 Å². The molecule has 1 rings (SSSR count). The van der Waals surface area contributed by atoms with Crippen LogP contribution in [0.5, 0.6) is 0 Å². The van der Waals surface area contributed by atoms with E-state index in [9.17, 15) is 15.3 Å². The van der Waals surface area contributed by atoms with Crippen molar-refractivity contribution >= 4 is 0 Å². The fourth-order valence-corrected chi connectivity index (χ4v) is 1.37. The molecular weight excluding hydrogens is 192 g/mol. The molecule has 1 fully saturated rings. The highest BCUT2D eigenvalue weighted by molar-refractivity contribution is 4.88. The van der Waals surface area contributed by atoms with Crippen molar-refractivity contribution in [3.8, 4) is 0 Å². The van der Waals surface area contributed by atoms with Gasteiger partial charge in [0, 0.05) is 6.61 Å². The van der Waals surface area contributed by atoms with Crippen LogP contribution in [0, 0.1) is 0 Å². The lowest BCUT2D eigenvalue weighted by Crippen LogP contribution is -2.59. The molecule has 0 unspecified atom stereocenters. The van der Waals surface area contributed by atoms with E-state index in [1.165, 1.54) is 0 Å². The molecule has 1 heterocycles. The quantitative estimate of drug-likeness (QED) is 0.421. The summed E-state index contributed by atoms with van der Waals surface area (Å²) in [5.41, 5.74) is 0. The van der Waals surface area contributed by atoms with Crippen LogP contribution in [0.25, 0.3) is 0 Å². The first-order valence-electron chi connectivity index (χ1n) is 4.54. The Hall–Kier alpha value is -0.240. The lowest BCUT2D eigenvalue weighted by Gasteiger charge is -2.39. The molecule has 6 nitrogen and oxygen atoms in total. The van der Waals surface area contributed by atoms with Crippen LogP contribution in [0.3, 0.4) is 0 Å². The summed E-state index contributed by atoms with van der Waals surface area (Å²) in [6, 6.07) is 0. The second-order valence-electron chi connectivity index (χ2n) is 3.15. The Balaban J connectivity index is 2.63. The van der Waals surface area contributed by atoms with Gasteiger partial charge in [-0.05, 0) is 6.92 Å². The van der Waals surface area contributed by atoms with E-state index in [0.717, 1.165) is 0 Å². The van der Waals surface area contributed by atoms with Crippen molar-refractivity contribution in [2.75, 3.05) is 13.2 Å². The molecule has 1 saturated heterocycles. The summed E-state index contributed by atoms with van der Waals surface area (Å²) in [6.07, 6.45) is -5.89. The van der Waals surface area contributed by atoms with Crippen LogP contribution < -0.4 is 0 Å². The lowest BCUT2D eigenvalue weighted by molar-refractivity contribution is -0.300. The minimum atomic E-state index is -1.36. The number of ether oxygens (including phenoxy) is 2. The van der Waals surface area contributed by atoms with Crippen LogP contribution in [-0.4, -0.2) is 64.3 Å². The molecular formula is C8H16O6. The summed E-state index contributed by atoms with van der Waals surface area (Å²) in [5.74, 6) is 0. The van der Waals surface area contributed by atoms with Gasteiger partial charge in [0.1, 0.15) is 24.4 Å². The molecule has 6 heteroatoms. The maximum atomic E-state index is 9.41. The minimum Gasteiger partial charge on any atom is -0.394 e. The molecule has 0 radical (unpaired) electrons. The SMILES string of the molecule is CCO[C@@H]1O[C@@H](CO)[C@H](O)[C@H](O)[C@@H]1O. The second-order valence-corrected chi connectivity index (χ2v) is 3.15. The summed E-state index contributed by atoms with van der Waals surface area (Å²) in [7, 11) is 0. The molecule has 0 aromatic rings. The number of aliphatic hydroxyl groups is 4. The molecule has 0 aliphatic carbocycles. The van der Waals surface area contributed by atoms with Crippen LogP contribution >= 0.6 is 0 Å². The normalized spacial score (nSPS) is 43.9. The van der Waals surface area contributed by atoms with E-state index in [1.807, 2.05) is 0 Å². The summed E-state index contributed by atoms with van der Waals surface area (Å²) >= 11 is 0. The van der Waals surface area contributed by atoms with Gasteiger partial charge in [0.05, 0.1) is 6.61 Å². The van der Waals surface area contributed by atoms with Gasteiger partial charge >= 0.3 is 0 Å². The van der Waals surface area contributed by atoms with Crippen LogP contribution in [0.4, 0.5) is 0 Å². The molecule has 0 saturated carbocycles. The van der Waals surface area contributed by atoms with Gasteiger partial charge in [-0.15, -0.1) is 0 Å². The molecule has 1 aliphatic rings. The van der Waals surface area contributed by atoms with Gasteiger partial charge in [-0.3, -0.25) is 0 Å². The summed E-state index contributed by atoms with van der Waals surface area (Å²) in [5, 5.41) is 36.9. The number of hydrogen-bond donors (Lipinski definition) is 4. The average molecular weight is 208 g/mol. The van der Waals surface area contributed by atoms with Gasteiger partial charge in [0.2, 0.25) is 0 Å². The number of hydrogen-bond acceptors (Lipinski definition) is 6. The van der Waals surface area contributed by atoms with Gasteiger partial charge in [0.15, 0.2) is 6.29 Å². The first-order valence-corrected chi connectivity index (χ1v) is 4.54. The zero-order valence-electron chi connectivity index (χ0n) is 7.91. The molecule has 84 valence electrons. The Morgan fingerprint density at radius 3 is 2.29 bits per heavy atom. The fourth-order valence-electron chi connectivity index (χ4n) is 1.37. The van der Waals surface area contributed by atoms with Gasteiger partial charge < -0.3 is 29.9 Å². The largest absolute Gasteiger partial charge is 0.394 e. The highest BCUT2D eigenvalue weighted by atomic mass is 16.7. The minimum absolute atomic E-state index is 0.308. The van der Waals surface area contributed by atoms with Gasteiger partial charge in [-0.25, -0.2) is 0 Å². The summed E-state index contributed by atoms with van der Waals surface area (Å²) in [6.45, 7) is 1.58. The monoisotopic (exact) mass is 208 g/mol. The van der Waals surface area contributed by atoms with Crippen molar-refractivity contribution in [2.24, 2.45) is 0 Å². The van der Waals surface area contributed by atoms with Crippen molar-refractivity contribution in [1.29, 1.82) is 0 Å². The molecule has 0 spiro atoms. The summed E-state index contributed by atoms with van der Waals surface area (Å²) in [4.78, 5) is 0. The molecule has 14 heavy (non-hydrogen) atoms. The molecule has 0 bridgehead atoms. The Morgan fingerprint density at radius 2 is 1.79 bits per heavy atom. The van der Waals surface area contributed by atoms with E-state index >= 15 is 0 Å². The Labute approximate surface area is 81.7 Å². The van der Waals surface area contributed by atoms with Gasteiger partial charge in [-0.2, -0.15) is 0 Å². The van der Waals surface area contributed by atoms with Crippen molar-refractivity contribution in [2.45, 2.75) is 37.6 Å². The first-order chi connectivity index (χ1) is 6.61. The second kappa shape index (κ2) is 5.01.